The standard InChI is InChI=1S/C22H24N4O3S/c1-15-8-9-16(2)18(14-15)23-19(27)12-13-21(29)25-26-22(30)24-20(28)11-10-17-6-4-3-5-7-17/h3-11,14H,12-13H2,1-2H3,(H,23,27)(H,25,29)(H2,24,26,28,30)/b11-10+. The molecule has 0 aromatic heterocycles. The third kappa shape index (κ3) is 8.24. The maximum absolute atomic E-state index is 12.1. The molecule has 2 aromatic rings. The number of hydrogen-bond donors (Lipinski definition) is 4. The molecule has 0 radical (unpaired) electrons. The summed E-state index contributed by atoms with van der Waals surface area (Å²) >= 11 is 4.96. The Morgan fingerprint density at radius 2 is 1.63 bits per heavy atom. The van der Waals surface area contributed by atoms with Crippen molar-refractivity contribution in [1.82, 2.24) is 16.2 Å². The molecule has 0 unspecified atom stereocenters. The van der Waals surface area contributed by atoms with Gasteiger partial charge in [-0.3, -0.25) is 30.6 Å². The average Bonchev–Trinajstić information content (AvgIpc) is 2.72. The summed E-state index contributed by atoms with van der Waals surface area (Å²) in [6, 6.07) is 15.1. The number of hydrogen-bond acceptors (Lipinski definition) is 4. The van der Waals surface area contributed by atoms with Gasteiger partial charge in [-0.25, -0.2) is 0 Å². The van der Waals surface area contributed by atoms with Crippen LogP contribution in [0.1, 0.15) is 29.5 Å². The highest BCUT2D eigenvalue weighted by atomic mass is 32.1. The smallest absolute Gasteiger partial charge is 0.250 e. The molecule has 2 rings (SSSR count). The average molecular weight is 425 g/mol. The maximum Gasteiger partial charge on any atom is 0.250 e. The zero-order chi connectivity index (χ0) is 21.9. The molecular weight excluding hydrogens is 400 g/mol. The zero-order valence-corrected chi connectivity index (χ0v) is 17.6. The van der Waals surface area contributed by atoms with Gasteiger partial charge in [0.15, 0.2) is 5.11 Å². The van der Waals surface area contributed by atoms with Crippen molar-refractivity contribution in [2.45, 2.75) is 26.7 Å². The Kier molecular flexibility index (Phi) is 8.71. The van der Waals surface area contributed by atoms with Gasteiger partial charge >= 0.3 is 0 Å². The minimum Gasteiger partial charge on any atom is -0.326 e. The molecule has 156 valence electrons. The van der Waals surface area contributed by atoms with Crippen LogP contribution < -0.4 is 21.5 Å². The van der Waals surface area contributed by atoms with E-state index in [1.54, 1.807) is 6.08 Å². The number of rotatable bonds is 6. The van der Waals surface area contributed by atoms with Gasteiger partial charge in [0.05, 0.1) is 0 Å². The van der Waals surface area contributed by atoms with Gasteiger partial charge in [0, 0.05) is 24.6 Å². The molecule has 8 heteroatoms. The van der Waals surface area contributed by atoms with Crippen LogP contribution in [0.15, 0.2) is 54.6 Å². The van der Waals surface area contributed by atoms with E-state index in [0.717, 1.165) is 22.4 Å². The Morgan fingerprint density at radius 3 is 2.37 bits per heavy atom. The van der Waals surface area contributed by atoms with E-state index in [-0.39, 0.29) is 23.9 Å². The molecule has 0 bridgehead atoms. The highest BCUT2D eigenvalue weighted by Gasteiger charge is 2.09. The Hall–Kier alpha value is -3.52. The van der Waals surface area contributed by atoms with Crippen molar-refractivity contribution in [3.8, 4) is 0 Å². The summed E-state index contributed by atoms with van der Waals surface area (Å²) in [5.41, 5.74) is 8.37. The number of anilines is 1. The normalized spacial score (nSPS) is 10.3. The van der Waals surface area contributed by atoms with E-state index in [2.05, 4.69) is 21.5 Å². The van der Waals surface area contributed by atoms with Crippen LogP contribution in [0.4, 0.5) is 5.69 Å². The van der Waals surface area contributed by atoms with E-state index in [1.165, 1.54) is 6.08 Å². The molecule has 0 fully saturated rings. The number of thiocarbonyl (C=S) groups is 1. The topological polar surface area (TPSA) is 99.3 Å². The molecule has 0 spiro atoms. The fourth-order valence-corrected chi connectivity index (χ4v) is 2.57. The number of hydrazine groups is 1. The number of aryl methyl sites for hydroxylation is 2. The van der Waals surface area contributed by atoms with Crippen molar-refractivity contribution >= 4 is 46.8 Å². The Labute approximate surface area is 180 Å². The van der Waals surface area contributed by atoms with Crippen LogP contribution in [0.5, 0.6) is 0 Å². The predicted molar refractivity (Wildman–Crippen MR) is 121 cm³/mol. The predicted octanol–water partition coefficient (Wildman–Crippen LogP) is 2.76. The van der Waals surface area contributed by atoms with Crippen LogP contribution >= 0.6 is 12.2 Å². The highest BCUT2D eigenvalue weighted by Crippen LogP contribution is 2.16. The Morgan fingerprint density at radius 1 is 0.933 bits per heavy atom. The number of benzene rings is 2. The summed E-state index contributed by atoms with van der Waals surface area (Å²) in [6.45, 7) is 3.84. The first-order valence-electron chi connectivity index (χ1n) is 9.33. The van der Waals surface area contributed by atoms with Gasteiger partial charge in [-0.05, 0) is 54.9 Å². The maximum atomic E-state index is 12.1. The van der Waals surface area contributed by atoms with E-state index in [0.29, 0.717) is 0 Å². The van der Waals surface area contributed by atoms with E-state index in [1.807, 2.05) is 62.4 Å². The molecule has 3 amide bonds. The van der Waals surface area contributed by atoms with Crippen molar-refractivity contribution in [3.05, 3.63) is 71.3 Å². The lowest BCUT2D eigenvalue weighted by atomic mass is 10.1. The van der Waals surface area contributed by atoms with E-state index < -0.39 is 11.8 Å². The van der Waals surface area contributed by atoms with Crippen LogP contribution in [0.25, 0.3) is 6.08 Å². The van der Waals surface area contributed by atoms with Gasteiger partial charge < -0.3 is 5.32 Å². The fourth-order valence-electron chi connectivity index (χ4n) is 2.42. The summed E-state index contributed by atoms with van der Waals surface area (Å²) in [5.74, 6) is -1.12. The van der Waals surface area contributed by atoms with Crippen molar-refractivity contribution in [2.75, 3.05) is 5.32 Å². The third-order valence-corrected chi connectivity index (χ3v) is 4.23. The van der Waals surface area contributed by atoms with Crippen LogP contribution in [-0.2, 0) is 14.4 Å². The second-order valence-corrected chi connectivity index (χ2v) is 7.01. The molecule has 4 N–H and O–H groups in total. The van der Waals surface area contributed by atoms with Crippen LogP contribution in [0.3, 0.4) is 0 Å². The van der Waals surface area contributed by atoms with Gasteiger partial charge in [0.1, 0.15) is 0 Å². The van der Waals surface area contributed by atoms with E-state index >= 15 is 0 Å². The number of nitrogens with one attached hydrogen (secondary N) is 4. The van der Waals surface area contributed by atoms with E-state index in [9.17, 15) is 14.4 Å². The number of carbonyl (C=O) groups excluding carboxylic acids is 3. The summed E-state index contributed by atoms with van der Waals surface area (Å²) in [7, 11) is 0. The number of amides is 3. The van der Waals surface area contributed by atoms with Gasteiger partial charge in [-0.15, -0.1) is 0 Å². The van der Waals surface area contributed by atoms with Gasteiger partial charge in [-0.1, -0.05) is 42.5 Å². The summed E-state index contributed by atoms with van der Waals surface area (Å²) in [6.07, 6.45) is 2.96. The number of carbonyl (C=O) groups is 3. The van der Waals surface area contributed by atoms with E-state index in [4.69, 9.17) is 12.2 Å². The van der Waals surface area contributed by atoms with Crippen molar-refractivity contribution in [1.29, 1.82) is 0 Å². The fraction of sp³-hybridized carbons (Fsp3) is 0.182. The van der Waals surface area contributed by atoms with Crippen molar-refractivity contribution in [2.24, 2.45) is 0 Å². The molecule has 0 saturated carbocycles. The molecule has 0 heterocycles. The molecule has 0 atom stereocenters. The molecule has 0 aliphatic rings. The van der Waals surface area contributed by atoms with Gasteiger partial charge in [0.2, 0.25) is 17.7 Å². The molecular formula is C22H24N4O3S. The SMILES string of the molecule is Cc1ccc(C)c(NC(=O)CCC(=O)NNC(=S)NC(=O)/C=C/c2ccccc2)c1. The summed E-state index contributed by atoms with van der Waals surface area (Å²) in [5, 5.41) is 5.16. The minimum absolute atomic E-state index is 0.0137. The van der Waals surface area contributed by atoms with Crippen LogP contribution in [0.2, 0.25) is 0 Å². The first-order chi connectivity index (χ1) is 14.3. The van der Waals surface area contributed by atoms with Crippen LogP contribution in [0, 0.1) is 13.8 Å². The summed E-state index contributed by atoms with van der Waals surface area (Å²) < 4.78 is 0. The Bertz CT molecular complexity index is 958. The second-order valence-electron chi connectivity index (χ2n) is 6.60. The van der Waals surface area contributed by atoms with Crippen molar-refractivity contribution in [3.63, 3.8) is 0 Å². The molecule has 0 aliphatic carbocycles. The first kappa shape index (κ1) is 22.8. The van der Waals surface area contributed by atoms with Crippen LogP contribution in [-0.4, -0.2) is 22.8 Å². The Balaban J connectivity index is 1.67. The molecule has 0 saturated heterocycles. The molecule has 7 nitrogen and oxygen atoms in total. The summed E-state index contributed by atoms with van der Waals surface area (Å²) in [4.78, 5) is 35.8. The molecule has 0 aliphatic heterocycles. The monoisotopic (exact) mass is 424 g/mol. The minimum atomic E-state index is -0.432. The van der Waals surface area contributed by atoms with Crippen molar-refractivity contribution < 1.29 is 14.4 Å². The lowest BCUT2D eigenvalue weighted by Crippen LogP contribution is -2.48. The quantitative estimate of drug-likeness (QED) is 0.325. The molecule has 2 aromatic carbocycles. The first-order valence-corrected chi connectivity index (χ1v) is 9.74. The lowest BCUT2D eigenvalue weighted by molar-refractivity contribution is -0.124. The van der Waals surface area contributed by atoms with Gasteiger partial charge in [0.25, 0.3) is 0 Å². The molecule has 30 heavy (non-hydrogen) atoms. The second kappa shape index (κ2) is 11.5. The zero-order valence-electron chi connectivity index (χ0n) is 16.8. The lowest BCUT2D eigenvalue weighted by Gasteiger charge is -2.11. The van der Waals surface area contributed by atoms with Gasteiger partial charge in [-0.2, -0.15) is 0 Å². The third-order valence-electron chi connectivity index (χ3n) is 4.03. The largest absolute Gasteiger partial charge is 0.326 e. The highest BCUT2D eigenvalue weighted by molar-refractivity contribution is 7.80.